The van der Waals surface area contributed by atoms with E-state index in [9.17, 15) is 4.79 Å². The third-order valence-corrected chi connectivity index (χ3v) is 3.94. The Balaban J connectivity index is 1.81. The molecule has 1 aliphatic rings. The molecular formula is C17H16ClNO2. The van der Waals surface area contributed by atoms with Crippen LogP contribution in [0.2, 0.25) is 5.02 Å². The average molecular weight is 302 g/mol. The molecule has 1 aliphatic carbocycles. The summed E-state index contributed by atoms with van der Waals surface area (Å²) >= 11 is 6.19. The zero-order chi connectivity index (χ0) is 14.8. The minimum Gasteiger partial charge on any atom is -0.469 e. The Hall–Kier alpha value is -2.00. The summed E-state index contributed by atoms with van der Waals surface area (Å²) in [4.78, 5) is 11.9. The number of halogens is 1. The first kappa shape index (κ1) is 14.0. The molecule has 0 saturated carbocycles. The van der Waals surface area contributed by atoms with Gasteiger partial charge in [0.05, 0.1) is 17.0 Å². The normalized spacial score (nSPS) is 18.5. The highest BCUT2D eigenvalue weighted by molar-refractivity contribution is 6.33. The van der Waals surface area contributed by atoms with Gasteiger partial charge in [0.2, 0.25) is 0 Å². The van der Waals surface area contributed by atoms with Gasteiger partial charge in [-0.2, -0.15) is 0 Å². The number of allylic oxidation sites excluding steroid dienone is 2. The molecule has 1 heterocycles. The van der Waals surface area contributed by atoms with E-state index in [1.54, 1.807) is 12.3 Å². The lowest BCUT2D eigenvalue weighted by Crippen LogP contribution is -2.16. The van der Waals surface area contributed by atoms with Crippen molar-refractivity contribution < 1.29 is 9.21 Å². The van der Waals surface area contributed by atoms with Crippen LogP contribution in [0.3, 0.4) is 0 Å². The molecule has 3 rings (SSSR count). The van der Waals surface area contributed by atoms with Gasteiger partial charge >= 0.3 is 0 Å². The second-order valence-corrected chi connectivity index (χ2v) is 5.77. The van der Waals surface area contributed by atoms with E-state index in [1.807, 2.05) is 37.3 Å². The van der Waals surface area contributed by atoms with Crippen molar-refractivity contribution in [3.05, 3.63) is 64.7 Å². The van der Waals surface area contributed by atoms with Crippen LogP contribution in [0.5, 0.6) is 0 Å². The number of carbonyl (C=O) groups is 1. The highest BCUT2D eigenvalue weighted by Crippen LogP contribution is 2.33. The minimum absolute atomic E-state index is 0.0867. The number of furan rings is 1. The van der Waals surface area contributed by atoms with Crippen LogP contribution in [0.15, 0.2) is 52.8 Å². The summed E-state index contributed by atoms with van der Waals surface area (Å²) in [7, 11) is 0. The third kappa shape index (κ3) is 3.19. The number of aryl methyl sites for hydroxylation is 1. The molecule has 0 spiro atoms. The van der Waals surface area contributed by atoms with E-state index in [1.165, 1.54) is 0 Å². The van der Waals surface area contributed by atoms with Gasteiger partial charge < -0.3 is 9.73 Å². The monoisotopic (exact) mass is 301 g/mol. The van der Waals surface area contributed by atoms with Gasteiger partial charge in [-0.1, -0.05) is 17.7 Å². The number of hydrogen-bond acceptors (Lipinski definition) is 3. The largest absolute Gasteiger partial charge is 0.469 e. The predicted molar refractivity (Wildman–Crippen MR) is 83.6 cm³/mol. The lowest BCUT2D eigenvalue weighted by molar-refractivity contribution is -0.115. The molecule has 3 nitrogen and oxygen atoms in total. The van der Waals surface area contributed by atoms with Crippen molar-refractivity contribution >= 4 is 23.1 Å². The molecule has 108 valence electrons. The second kappa shape index (κ2) is 5.78. The zero-order valence-electron chi connectivity index (χ0n) is 11.7. The van der Waals surface area contributed by atoms with Gasteiger partial charge in [0.25, 0.3) is 0 Å². The molecule has 0 amide bonds. The van der Waals surface area contributed by atoms with E-state index < -0.39 is 0 Å². The van der Waals surface area contributed by atoms with Gasteiger partial charge in [0.15, 0.2) is 5.78 Å². The van der Waals surface area contributed by atoms with Crippen LogP contribution in [0.4, 0.5) is 5.69 Å². The molecule has 0 saturated heterocycles. The van der Waals surface area contributed by atoms with E-state index in [0.29, 0.717) is 11.4 Å². The topological polar surface area (TPSA) is 42.2 Å². The maximum absolute atomic E-state index is 11.9. The van der Waals surface area contributed by atoms with Crippen LogP contribution in [-0.4, -0.2) is 5.78 Å². The molecule has 0 radical (unpaired) electrons. The molecule has 1 aromatic carbocycles. The van der Waals surface area contributed by atoms with E-state index in [-0.39, 0.29) is 11.7 Å². The average Bonchev–Trinajstić information content (AvgIpc) is 2.96. The Kier molecular flexibility index (Phi) is 3.84. The Bertz CT molecular complexity index is 689. The molecule has 0 unspecified atom stereocenters. The van der Waals surface area contributed by atoms with Gasteiger partial charge in [-0.15, -0.1) is 0 Å². The maximum Gasteiger partial charge on any atom is 0.158 e. The number of nitrogens with one attached hydrogen (secondary N) is 1. The Labute approximate surface area is 128 Å². The summed E-state index contributed by atoms with van der Waals surface area (Å²) in [5.41, 5.74) is 2.82. The molecule has 0 fully saturated rings. The predicted octanol–water partition coefficient (Wildman–Crippen LogP) is 4.68. The smallest absolute Gasteiger partial charge is 0.158 e. The van der Waals surface area contributed by atoms with Gasteiger partial charge in [-0.3, -0.25) is 4.79 Å². The number of anilines is 1. The molecule has 0 aliphatic heterocycles. The van der Waals surface area contributed by atoms with Crippen molar-refractivity contribution in [2.75, 3.05) is 5.32 Å². The maximum atomic E-state index is 11.9. The van der Waals surface area contributed by atoms with Crippen LogP contribution >= 0.6 is 11.6 Å². The quantitative estimate of drug-likeness (QED) is 0.894. The van der Waals surface area contributed by atoms with Crippen molar-refractivity contribution in [2.45, 2.75) is 25.7 Å². The van der Waals surface area contributed by atoms with Gasteiger partial charge in [-0.25, -0.2) is 0 Å². The summed E-state index contributed by atoms with van der Waals surface area (Å²) in [5.74, 6) is 1.04. The second-order valence-electron chi connectivity index (χ2n) is 5.36. The minimum atomic E-state index is 0.0867. The van der Waals surface area contributed by atoms with E-state index in [4.69, 9.17) is 16.0 Å². The number of carbonyl (C=O) groups excluding carboxylic acids is 1. The Morgan fingerprint density at radius 3 is 2.90 bits per heavy atom. The molecule has 1 N–H and O–H groups in total. The zero-order valence-corrected chi connectivity index (χ0v) is 12.5. The van der Waals surface area contributed by atoms with Crippen LogP contribution < -0.4 is 5.32 Å². The number of rotatable bonds is 3. The van der Waals surface area contributed by atoms with Crippen LogP contribution in [-0.2, 0) is 4.79 Å². The molecule has 1 atom stereocenters. The van der Waals surface area contributed by atoms with E-state index >= 15 is 0 Å². The molecule has 21 heavy (non-hydrogen) atoms. The molecule has 4 heteroatoms. The molecular weight excluding hydrogens is 286 g/mol. The van der Waals surface area contributed by atoms with Crippen molar-refractivity contribution in [1.29, 1.82) is 0 Å². The fraction of sp³-hybridized carbons (Fsp3) is 0.235. The Morgan fingerprint density at radius 2 is 2.14 bits per heavy atom. The fourth-order valence-electron chi connectivity index (χ4n) is 2.61. The third-order valence-electron chi connectivity index (χ3n) is 3.61. The van der Waals surface area contributed by atoms with Gasteiger partial charge in [0.1, 0.15) is 5.76 Å². The molecule has 0 bridgehead atoms. The Morgan fingerprint density at radius 1 is 1.29 bits per heavy atom. The first-order valence-electron chi connectivity index (χ1n) is 6.92. The van der Waals surface area contributed by atoms with Crippen molar-refractivity contribution in [2.24, 2.45) is 0 Å². The SMILES string of the molecule is Cc1ccc(Cl)c(NC2=CC(=O)C[C@@H](c3ccco3)C2)c1. The van der Waals surface area contributed by atoms with Crippen LogP contribution in [0.25, 0.3) is 0 Å². The van der Waals surface area contributed by atoms with Crippen LogP contribution in [0.1, 0.15) is 30.1 Å². The van der Waals surface area contributed by atoms with Crippen LogP contribution in [0, 0.1) is 6.92 Å². The van der Waals surface area contributed by atoms with Crippen molar-refractivity contribution in [3.63, 3.8) is 0 Å². The van der Waals surface area contributed by atoms with Gasteiger partial charge in [-0.05, 0) is 43.2 Å². The number of hydrogen-bond donors (Lipinski definition) is 1. The fourth-order valence-corrected chi connectivity index (χ4v) is 2.78. The molecule has 1 aromatic heterocycles. The lowest BCUT2D eigenvalue weighted by Gasteiger charge is -2.22. The van der Waals surface area contributed by atoms with Gasteiger partial charge in [0, 0.05) is 24.1 Å². The molecule has 2 aromatic rings. The highest BCUT2D eigenvalue weighted by atomic mass is 35.5. The van der Waals surface area contributed by atoms with Crippen molar-refractivity contribution in [3.8, 4) is 0 Å². The summed E-state index contributed by atoms with van der Waals surface area (Å²) in [6.07, 6.45) is 4.53. The first-order valence-corrected chi connectivity index (χ1v) is 7.29. The summed E-state index contributed by atoms with van der Waals surface area (Å²) in [6, 6.07) is 9.56. The summed E-state index contributed by atoms with van der Waals surface area (Å²) in [6.45, 7) is 2.01. The number of benzene rings is 1. The van der Waals surface area contributed by atoms with Crippen molar-refractivity contribution in [1.82, 2.24) is 0 Å². The number of ketones is 1. The standard InChI is InChI=1S/C17H16ClNO2/c1-11-4-5-15(18)16(7-11)19-13-8-12(9-14(20)10-13)17-3-2-6-21-17/h2-7,10,12,19H,8-9H2,1H3/t12-/m0/s1. The lowest BCUT2D eigenvalue weighted by atomic mass is 9.89. The highest BCUT2D eigenvalue weighted by Gasteiger charge is 2.24. The van der Waals surface area contributed by atoms with E-state index in [2.05, 4.69) is 5.32 Å². The summed E-state index contributed by atoms with van der Waals surface area (Å²) < 4.78 is 5.43. The first-order chi connectivity index (χ1) is 10.1. The summed E-state index contributed by atoms with van der Waals surface area (Å²) in [5, 5.41) is 3.93. The van der Waals surface area contributed by atoms with E-state index in [0.717, 1.165) is 29.1 Å².